The van der Waals surface area contributed by atoms with Crippen molar-refractivity contribution in [1.29, 1.82) is 0 Å². The summed E-state index contributed by atoms with van der Waals surface area (Å²) in [6, 6.07) is 7.32. The fourth-order valence-corrected chi connectivity index (χ4v) is 3.59. The highest BCUT2D eigenvalue weighted by molar-refractivity contribution is 5.79. The van der Waals surface area contributed by atoms with Crippen LogP contribution in [0.15, 0.2) is 24.3 Å². The Labute approximate surface area is 152 Å². The fraction of sp³-hybridized carbons (Fsp3) is 0.632. The van der Waals surface area contributed by atoms with Crippen molar-refractivity contribution in [3.63, 3.8) is 0 Å². The van der Waals surface area contributed by atoms with E-state index in [1.807, 2.05) is 43.3 Å². The van der Waals surface area contributed by atoms with Gasteiger partial charge in [-0.2, -0.15) is 13.2 Å². The van der Waals surface area contributed by atoms with Crippen molar-refractivity contribution in [2.45, 2.75) is 37.9 Å². The van der Waals surface area contributed by atoms with Gasteiger partial charge in [0.05, 0.1) is 19.1 Å². The van der Waals surface area contributed by atoms with Gasteiger partial charge in [0.2, 0.25) is 5.91 Å². The number of hydrogen-bond acceptors (Lipinski definition) is 3. The Morgan fingerprint density at radius 2 is 1.85 bits per heavy atom. The summed E-state index contributed by atoms with van der Waals surface area (Å²) in [5.74, 6) is -2.28. The first-order valence-electron chi connectivity index (χ1n) is 8.89. The van der Waals surface area contributed by atoms with Gasteiger partial charge in [-0.25, -0.2) is 0 Å². The number of nitrogens with zero attached hydrogens (tertiary/aromatic N) is 1. The molecule has 4 nitrogen and oxygen atoms in total. The maximum atomic E-state index is 13.2. The predicted octanol–water partition coefficient (Wildman–Crippen LogP) is 3.78. The number of rotatable bonds is 6. The van der Waals surface area contributed by atoms with E-state index in [9.17, 15) is 18.0 Å². The number of ether oxygens (including phenoxy) is 1. The van der Waals surface area contributed by atoms with Crippen LogP contribution in [0.25, 0.3) is 0 Å². The minimum atomic E-state index is -4.32. The van der Waals surface area contributed by atoms with E-state index in [0.717, 1.165) is 11.3 Å². The summed E-state index contributed by atoms with van der Waals surface area (Å²) in [5, 5.41) is 2.75. The van der Waals surface area contributed by atoms with Crippen molar-refractivity contribution in [3.05, 3.63) is 29.8 Å². The number of benzene rings is 1. The second-order valence-corrected chi connectivity index (χ2v) is 7.04. The molecule has 0 saturated heterocycles. The van der Waals surface area contributed by atoms with Gasteiger partial charge in [0.25, 0.3) is 0 Å². The van der Waals surface area contributed by atoms with Crippen LogP contribution in [-0.2, 0) is 4.79 Å². The van der Waals surface area contributed by atoms with Crippen molar-refractivity contribution in [3.8, 4) is 5.75 Å². The first-order chi connectivity index (χ1) is 12.2. The van der Waals surface area contributed by atoms with E-state index in [2.05, 4.69) is 5.32 Å². The zero-order chi connectivity index (χ0) is 19.3. The third kappa shape index (κ3) is 5.13. The lowest BCUT2D eigenvalue weighted by atomic mass is 9.78. The van der Waals surface area contributed by atoms with E-state index in [1.165, 1.54) is 0 Å². The topological polar surface area (TPSA) is 41.6 Å². The average molecular weight is 372 g/mol. The number of alkyl halides is 3. The van der Waals surface area contributed by atoms with Crippen molar-refractivity contribution >= 4 is 5.91 Å². The molecule has 2 rings (SSSR count). The van der Waals surface area contributed by atoms with Crippen LogP contribution in [0.2, 0.25) is 0 Å². The SMILES string of the molecule is COc1ccc(C(CNC(=O)C2CCCCC2C(F)(F)F)N(C)C)cc1. The maximum Gasteiger partial charge on any atom is 0.392 e. The highest BCUT2D eigenvalue weighted by atomic mass is 19.4. The number of halogens is 3. The number of carbonyl (C=O) groups is 1. The zero-order valence-electron chi connectivity index (χ0n) is 15.5. The number of methoxy groups -OCH3 is 1. The summed E-state index contributed by atoms with van der Waals surface area (Å²) >= 11 is 0. The summed E-state index contributed by atoms with van der Waals surface area (Å²) < 4.78 is 44.8. The van der Waals surface area contributed by atoms with Crippen LogP contribution < -0.4 is 10.1 Å². The third-order valence-electron chi connectivity index (χ3n) is 5.12. The van der Waals surface area contributed by atoms with E-state index in [-0.39, 0.29) is 19.0 Å². The number of amides is 1. The Hall–Kier alpha value is -1.76. The average Bonchev–Trinajstić information content (AvgIpc) is 2.61. The quantitative estimate of drug-likeness (QED) is 0.826. The van der Waals surface area contributed by atoms with E-state index < -0.39 is 23.9 Å². The standard InChI is InChI=1S/C19H27F3N2O2/c1-24(2)17(13-8-10-14(26-3)11-9-13)12-23-18(25)15-6-4-5-7-16(15)19(20,21)22/h8-11,15-17H,4-7,12H2,1-3H3,(H,23,25). The van der Waals surface area contributed by atoms with Gasteiger partial charge in [0.1, 0.15) is 5.75 Å². The largest absolute Gasteiger partial charge is 0.497 e. The molecule has 0 heterocycles. The lowest BCUT2D eigenvalue weighted by molar-refractivity contribution is -0.198. The smallest absolute Gasteiger partial charge is 0.392 e. The molecule has 1 aromatic rings. The number of nitrogens with one attached hydrogen (secondary N) is 1. The summed E-state index contributed by atoms with van der Waals surface area (Å²) in [6.07, 6.45) is -2.79. The molecule has 0 spiro atoms. The van der Waals surface area contributed by atoms with E-state index in [4.69, 9.17) is 4.74 Å². The molecule has 146 valence electrons. The van der Waals surface area contributed by atoms with Crippen LogP contribution in [-0.4, -0.2) is 44.7 Å². The molecule has 1 aromatic carbocycles. The second kappa shape index (κ2) is 8.75. The van der Waals surface area contributed by atoms with Crippen molar-refractivity contribution in [2.75, 3.05) is 27.7 Å². The molecule has 0 aliphatic heterocycles. The van der Waals surface area contributed by atoms with Crippen LogP contribution in [0.5, 0.6) is 5.75 Å². The first kappa shape index (κ1) is 20.6. The zero-order valence-corrected chi connectivity index (χ0v) is 15.5. The van der Waals surface area contributed by atoms with Gasteiger partial charge in [-0.05, 0) is 44.6 Å². The van der Waals surface area contributed by atoms with E-state index in [1.54, 1.807) is 7.11 Å². The minimum absolute atomic E-state index is 0.0389. The van der Waals surface area contributed by atoms with Gasteiger partial charge in [-0.1, -0.05) is 25.0 Å². The molecule has 3 atom stereocenters. The molecule has 7 heteroatoms. The second-order valence-electron chi connectivity index (χ2n) is 7.04. The summed E-state index contributed by atoms with van der Waals surface area (Å²) in [7, 11) is 5.33. The first-order valence-corrected chi connectivity index (χ1v) is 8.89. The molecular weight excluding hydrogens is 345 g/mol. The summed E-state index contributed by atoms with van der Waals surface area (Å²) in [4.78, 5) is 14.4. The van der Waals surface area contributed by atoms with Crippen molar-refractivity contribution < 1.29 is 22.7 Å². The molecule has 1 aliphatic rings. The molecule has 0 aromatic heterocycles. The van der Waals surface area contributed by atoms with Gasteiger partial charge >= 0.3 is 6.18 Å². The molecule has 1 saturated carbocycles. The Morgan fingerprint density at radius 1 is 1.23 bits per heavy atom. The van der Waals surface area contributed by atoms with Crippen LogP contribution in [0.3, 0.4) is 0 Å². The van der Waals surface area contributed by atoms with Gasteiger partial charge in [-0.15, -0.1) is 0 Å². The molecular formula is C19H27F3N2O2. The normalized spacial score (nSPS) is 22.1. The fourth-order valence-electron chi connectivity index (χ4n) is 3.59. The van der Waals surface area contributed by atoms with E-state index in [0.29, 0.717) is 19.3 Å². The van der Waals surface area contributed by atoms with E-state index >= 15 is 0 Å². The van der Waals surface area contributed by atoms with Crippen molar-refractivity contribution in [2.24, 2.45) is 11.8 Å². The van der Waals surface area contributed by atoms with Gasteiger partial charge in [0.15, 0.2) is 0 Å². The van der Waals surface area contributed by atoms with Gasteiger partial charge in [-0.3, -0.25) is 4.79 Å². The number of carbonyl (C=O) groups excluding carboxylic acids is 1. The minimum Gasteiger partial charge on any atom is -0.497 e. The lowest BCUT2D eigenvalue weighted by Gasteiger charge is -2.33. The molecule has 0 radical (unpaired) electrons. The van der Waals surface area contributed by atoms with Crippen LogP contribution in [0, 0.1) is 11.8 Å². The Balaban J connectivity index is 2.04. The van der Waals surface area contributed by atoms with Gasteiger partial charge in [0, 0.05) is 12.5 Å². The Kier molecular flexibility index (Phi) is 6.92. The highest BCUT2D eigenvalue weighted by Crippen LogP contribution is 2.41. The monoisotopic (exact) mass is 372 g/mol. The van der Waals surface area contributed by atoms with Crippen LogP contribution >= 0.6 is 0 Å². The number of hydrogen-bond donors (Lipinski definition) is 1. The third-order valence-corrected chi connectivity index (χ3v) is 5.12. The maximum absolute atomic E-state index is 13.2. The van der Waals surface area contributed by atoms with Gasteiger partial charge < -0.3 is 15.0 Å². The van der Waals surface area contributed by atoms with Crippen LogP contribution in [0.4, 0.5) is 13.2 Å². The molecule has 3 unspecified atom stereocenters. The Bertz CT molecular complexity index is 587. The van der Waals surface area contributed by atoms with Crippen molar-refractivity contribution in [1.82, 2.24) is 10.2 Å². The number of likely N-dealkylation sites (N-methyl/N-ethyl adjacent to an activating group) is 1. The Morgan fingerprint density at radius 3 is 2.38 bits per heavy atom. The molecule has 1 fully saturated rings. The molecule has 26 heavy (non-hydrogen) atoms. The van der Waals surface area contributed by atoms with Crippen LogP contribution in [0.1, 0.15) is 37.3 Å². The molecule has 1 N–H and O–H groups in total. The summed E-state index contributed by atoms with van der Waals surface area (Å²) in [5.41, 5.74) is 0.965. The summed E-state index contributed by atoms with van der Waals surface area (Å²) in [6.45, 7) is 0.263. The highest BCUT2D eigenvalue weighted by Gasteiger charge is 2.48. The molecule has 1 aliphatic carbocycles. The predicted molar refractivity (Wildman–Crippen MR) is 93.9 cm³/mol. The molecule has 1 amide bonds. The molecule has 0 bridgehead atoms. The lowest BCUT2D eigenvalue weighted by Crippen LogP contribution is -2.44.